The second-order valence-electron chi connectivity index (χ2n) is 8.35. The lowest BCUT2D eigenvalue weighted by Gasteiger charge is -2.19. The second kappa shape index (κ2) is 10.1. The van der Waals surface area contributed by atoms with Crippen molar-refractivity contribution in [2.45, 2.75) is 24.7 Å². The number of anilines is 3. The number of nitrogens with one attached hydrogen (secondary N) is 2. The van der Waals surface area contributed by atoms with Crippen LogP contribution in [0.25, 0.3) is 0 Å². The Bertz CT molecular complexity index is 1300. The van der Waals surface area contributed by atoms with Gasteiger partial charge in [-0.3, -0.25) is 9.69 Å². The van der Waals surface area contributed by atoms with Gasteiger partial charge in [0.25, 0.3) is 10.0 Å². The molecule has 0 unspecified atom stereocenters. The van der Waals surface area contributed by atoms with E-state index in [1.54, 1.807) is 11.0 Å². The molecule has 0 aliphatic carbocycles. The highest BCUT2D eigenvalue weighted by Crippen LogP contribution is 2.23. The van der Waals surface area contributed by atoms with Gasteiger partial charge in [0.15, 0.2) is 0 Å². The van der Waals surface area contributed by atoms with Gasteiger partial charge in [0.1, 0.15) is 6.54 Å². The first-order valence-electron chi connectivity index (χ1n) is 11.1. The van der Waals surface area contributed by atoms with E-state index in [1.165, 1.54) is 47.1 Å². The number of amides is 3. The molecule has 0 spiro atoms. The number of sulfonamides is 1. The summed E-state index contributed by atoms with van der Waals surface area (Å²) in [5.41, 5.74) is 2.41. The summed E-state index contributed by atoms with van der Waals surface area (Å²) >= 11 is 0. The molecule has 182 valence electrons. The van der Waals surface area contributed by atoms with Crippen LogP contribution in [-0.2, 0) is 14.8 Å². The third-order valence-corrected chi connectivity index (χ3v) is 6.88. The fourth-order valence-corrected chi connectivity index (χ4v) is 4.59. The van der Waals surface area contributed by atoms with E-state index >= 15 is 0 Å². The summed E-state index contributed by atoms with van der Waals surface area (Å²) in [4.78, 5) is 36.2. The predicted molar refractivity (Wildman–Crippen MR) is 133 cm³/mol. The van der Waals surface area contributed by atoms with E-state index in [4.69, 9.17) is 0 Å². The van der Waals surface area contributed by atoms with Crippen molar-refractivity contribution in [3.8, 4) is 0 Å². The Morgan fingerprint density at radius 2 is 1.66 bits per heavy atom. The van der Waals surface area contributed by atoms with Crippen molar-refractivity contribution in [2.75, 3.05) is 34.6 Å². The van der Waals surface area contributed by atoms with Crippen molar-refractivity contribution in [1.29, 1.82) is 0 Å². The fraction of sp³-hybridized carbons (Fsp3) is 0.250. The maximum absolute atomic E-state index is 12.8. The van der Waals surface area contributed by atoms with E-state index in [2.05, 4.69) is 33.9 Å². The van der Waals surface area contributed by atoms with Crippen molar-refractivity contribution in [3.05, 3.63) is 72.6 Å². The van der Waals surface area contributed by atoms with Gasteiger partial charge in [-0.05, 0) is 53.9 Å². The van der Waals surface area contributed by atoms with Crippen molar-refractivity contribution in [1.82, 2.24) is 14.9 Å². The molecule has 2 N–H and O–H groups in total. The summed E-state index contributed by atoms with van der Waals surface area (Å²) in [6.07, 6.45) is 2.85. The topological polar surface area (TPSA) is 125 Å². The molecule has 11 heteroatoms. The van der Waals surface area contributed by atoms with E-state index in [-0.39, 0.29) is 29.3 Å². The Morgan fingerprint density at radius 3 is 2.29 bits per heavy atom. The normalized spacial score (nSPS) is 13.9. The summed E-state index contributed by atoms with van der Waals surface area (Å²) in [6.45, 7) is 5.05. The molecular weight excluding hydrogens is 468 g/mol. The molecule has 2 heterocycles. The number of hydrogen-bond donors (Lipinski definition) is 2. The highest BCUT2D eigenvalue weighted by atomic mass is 32.2. The number of urea groups is 1. The number of benzene rings is 2. The number of rotatable bonds is 8. The van der Waals surface area contributed by atoms with Crippen LogP contribution in [-0.4, -0.2) is 54.9 Å². The van der Waals surface area contributed by atoms with Gasteiger partial charge in [-0.1, -0.05) is 26.0 Å². The Hall–Kier alpha value is -3.99. The summed E-state index contributed by atoms with van der Waals surface area (Å²) in [5, 5.41) is 2.70. The number of carbonyl (C=O) groups is 2. The van der Waals surface area contributed by atoms with Crippen LogP contribution in [0.3, 0.4) is 0 Å². The maximum atomic E-state index is 12.8. The third kappa shape index (κ3) is 5.75. The van der Waals surface area contributed by atoms with Crippen LogP contribution in [0, 0.1) is 0 Å². The zero-order valence-corrected chi connectivity index (χ0v) is 20.2. The van der Waals surface area contributed by atoms with Gasteiger partial charge >= 0.3 is 6.03 Å². The first-order chi connectivity index (χ1) is 16.7. The molecule has 1 aromatic heterocycles. The Morgan fingerprint density at radius 1 is 1.00 bits per heavy atom. The molecular formula is C24H26N6O4S. The highest BCUT2D eigenvalue weighted by Gasteiger charge is 2.30. The van der Waals surface area contributed by atoms with Crippen LogP contribution in [0.1, 0.15) is 25.3 Å². The lowest BCUT2D eigenvalue weighted by Crippen LogP contribution is -2.37. The van der Waals surface area contributed by atoms with E-state index in [0.29, 0.717) is 24.7 Å². The summed E-state index contributed by atoms with van der Waals surface area (Å²) < 4.78 is 27.2. The van der Waals surface area contributed by atoms with Crippen molar-refractivity contribution in [2.24, 2.45) is 0 Å². The SMILES string of the molecule is CC(C)c1ccc(N2CCN(CC(=O)Nc3ccc(S(=O)(=O)Nc4ncccn4)cc3)C2=O)cc1. The first-order valence-corrected chi connectivity index (χ1v) is 12.6. The Kier molecular flexibility index (Phi) is 6.97. The fourth-order valence-electron chi connectivity index (χ4n) is 3.63. The van der Waals surface area contributed by atoms with Gasteiger partial charge in [0.2, 0.25) is 11.9 Å². The molecule has 35 heavy (non-hydrogen) atoms. The molecule has 3 amide bonds. The minimum absolute atomic E-state index is 0.00296. The smallest absolute Gasteiger partial charge is 0.325 e. The number of carbonyl (C=O) groups excluding carboxylic acids is 2. The number of hydrogen-bond acceptors (Lipinski definition) is 6. The molecule has 1 aliphatic rings. The zero-order chi connectivity index (χ0) is 25.0. The van der Waals surface area contributed by atoms with Gasteiger partial charge in [-0.15, -0.1) is 0 Å². The minimum Gasteiger partial charge on any atom is -0.325 e. The van der Waals surface area contributed by atoms with Crippen LogP contribution >= 0.6 is 0 Å². The molecule has 0 saturated carbocycles. The molecule has 0 atom stereocenters. The van der Waals surface area contributed by atoms with Gasteiger partial charge in [-0.2, -0.15) is 0 Å². The van der Waals surface area contributed by atoms with E-state index < -0.39 is 10.0 Å². The Labute approximate surface area is 204 Å². The van der Waals surface area contributed by atoms with Crippen molar-refractivity contribution < 1.29 is 18.0 Å². The Balaban J connectivity index is 1.33. The van der Waals surface area contributed by atoms with E-state index in [9.17, 15) is 18.0 Å². The average Bonchev–Trinajstić information content (AvgIpc) is 3.19. The molecule has 2 aromatic carbocycles. The molecule has 0 bridgehead atoms. The zero-order valence-electron chi connectivity index (χ0n) is 19.4. The number of aromatic nitrogens is 2. The molecule has 3 aromatic rings. The monoisotopic (exact) mass is 494 g/mol. The van der Waals surface area contributed by atoms with Crippen LogP contribution in [0.2, 0.25) is 0 Å². The van der Waals surface area contributed by atoms with Gasteiger partial charge in [-0.25, -0.2) is 27.9 Å². The quantitative estimate of drug-likeness (QED) is 0.495. The summed E-state index contributed by atoms with van der Waals surface area (Å²) in [6, 6.07) is 14.9. The largest absolute Gasteiger partial charge is 0.325 e. The molecule has 1 aliphatic heterocycles. The first kappa shape index (κ1) is 24.1. The molecule has 1 saturated heterocycles. The summed E-state index contributed by atoms with van der Waals surface area (Å²) in [7, 11) is -3.87. The van der Waals surface area contributed by atoms with Crippen LogP contribution in [0.15, 0.2) is 71.9 Å². The molecule has 4 rings (SSSR count). The van der Waals surface area contributed by atoms with E-state index in [0.717, 1.165) is 5.69 Å². The molecule has 10 nitrogen and oxygen atoms in total. The molecule has 0 radical (unpaired) electrons. The van der Waals surface area contributed by atoms with Crippen LogP contribution in [0.4, 0.5) is 22.1 Å². The average molecular weight is 495 g/mol. The minimum atomic E-state index is -3.87. The van der Waals surface area contributed by atoms with Gasteiger partial charge < -0.3 is 10.2 Å². The molecule has 1 fully saturated rings. The van der Waals surface area contributed by atoms with Crippen molar-refractivity contribution in [3.63, 3.8) is 0 Å². The number of nitrogens with zero attached hydrogens (tertiary/aromatic N) is 4. The van der Waals surface area contributed by atoms with E-state index in [1.807, 2.05) is 24.3 Å². The van der Waals surface area contributed by atoms with Gasteiger partial charge in [0, 0.05) is 36.9 Å². The third-order valence-electron chi connectivity index (χ3n) is 5.54. The second-order valence-corrected chi connectivity index (χ2v) is 10.0. The maximum Gasteiger partial charge on any atom is 0.325 e. The summed E-state index contributed by atoms with van der Waals surface area (Å²) in [5.74, 6) is -0.00585. The standard InChI is InChI=1S/C24H26N6O4S/c1-17(2)18-4-8-20(9-5-18)30-15-14-29(24(30)32)16-22(31)27-19-6-10-21(11-7-19)35(33,34)28-23-25-12-3-13-26-23/h3-13,17H,14-16H2,1-2H3,(H,27,31)(H,25,26,28). The van der Waals surface area contributed by atoms with Gasteiger partial charge in [0.05, 0.1) is 4.90 Å². The van der Waals surface area contributed by atoms with Crippen molar-refractivity contribution >= 4 is 39.3 Å². The predicted octanol–water partition coefficient (Wildman–Crippen LogP) is 3.28. The lowest BCUT2D eigenvalue weighted by atomic mass is 10.0. The highest BCUT2D eigenvalue weighted by molar-refractivity contribution is 7.92. The van der Waals surface area contributed by atoms with Crippen LogP contribution in [0.5, 0.6) is 0 Å². The lowest BCUT2D eigenvalue weighted by molar-refractivity contribution is -0.116. The van der Waals surface area contributed by atoms with Crippen LogP contribution < -0.4 is 14.9 Å².